The average molecular weight is 509 g/mol. The number of benzene rings is 4. The van der Waals surface area contributed by atoms with Gasteiger partial charge in [-0.05, 0) is 31.5 Å². The first-order valence-electron chi connectivity index (χ1n) is 17.6. The van der Waals surface area contributed by atoms with E-state index in [1.807, 2.05) is 56.7 Å². The Hall–Kier alpha value is -4.90. The summed E-state index contributed by atoms with van der Waals surface area (Å²) in [4.78, 5) is 0. The Labute approximate surface area is 246 Å². The number of hydrogen-bond acceptors (Lipinski definition) is 0. The smallest absolute Gasteiger partial charge is 0.0647 e. The van der Waals surface area contributed by atoms with Gasteiger partial charge in [0.05, 0.1) is 24.9 Å². The Balaban J connectivity index is 1.71. The lowest BCUT2D eigenvalue weighted by Crippen LogP contribution is -2.04. The first kappa shape index (κ1) is 15.5. The first-order valence-corrected chi connectivity index (χ1v) is 12.6. The molecule has 0 unspecified atom stereocenters. The van der Waals surface area contributed by atoms with Crippen LogP contribution in [0.25, 0.3) is 22.3 Å². The van der Waals surface area contributed by atoms with E-state index >= 15 is 0 Å². The largest absolute Gasteiger partial charge is 0.181 e. The predicted octanol–water partition coefficient (Wildman–Crippen LogP) is 9.99. The van der Waals surface area contributed by atoms with Gasteiger partial charge in [0, 0.05) is 29.2 Å². The van der Waals surface area contributed by atoms with Crippen LogP contribution in [0.2, 0.25) is 0 Å². The molecule has 6 rings (SSSR count). The minimum absolute atomic E-state index is 0.0751. The maximum atomic E-state index is 8.89. The van der Waals surface area contributed by atoms with Crippen molar-refractivity contribution < 1.29 is 13.7 Å². The summed E-state index contributed by atoms with van der Waals surface area (Å²) in [5.74, 6) is 0. The predicted molar refractivity (Wildman–Crippen MR) is 166 cm³/mol. The van der Waals surface area contributed by atoms with E-state index in [1.54, 1.807) is 42.8 Å². The zero-order valence-electron chi connectivity index (χ0n) is 31.6. The topological polar surface area (TPSA) is 0 Å². The molecule has 0 heterocycles. The van der Waals surface area contributed by atoms with Gasteiger partial charge in [-0.25, -0.2) is 0 Å². The maximum absolute atomic E-state index is 8.89. The Morgan fingerprint density at radius 2 is 1.21 bits per heavy atom. The summed E-state index contributed by atoms with van der Waals surface area (Å²) >= 11 is 0. The Morgan fingerprint density at radius 3 is 1.79 bits per heavy atom. The fraction of sp³-hybridized carbons (Fsp3) is 0.0513. The normalized spacial score (nSPS) is 18.8. The van der Waals surface area contributed by atoms with Crippen LogP contribution >= 0.6 is 0 Å². The van der Waals surface area contributed by atoms with E-state index in [1.165, 1.54) is 0 Å². The fourth-order valence-electron chi connectivity index (χ4n) is 5.06. The SMILES string of the molecule is [2H]c1c([2H])c([2H])c(C2=CC(=C=C3C=C(C)C(c4ccccc4)=C(C)[CH+]3)[CH-]C(c3c([2H])c([2H])c([2H])c([2H])c3[2H])=C2c2ccccc2)c([2H])c1[2H]. The molecule has 0 aliphatic heterocycles. The van der Waals surface area contributed by atoms with Crippen LogP contribution in [-0.2, 0) is 0 Å². The van der Waals surface area contributed by atoms with Crippen molar-refractivity contribution in [1.82, 2.24) is 0 Å². The first-order chi connectivity index (χ1) is 23.3. The molecule has 4 aromatic carbocycles. The van der Waals surface area contributed by atoms with Crippen molar-refractivity contribution in [3.05, 3.63) is 196 Å². The molecule has 4 aromatic rings. The number of rotatable bonds is 4. The second-order valence-corrected chi connectivity index (χ2v) is 9.29. The summed E-state index contributed by atoms with van der Waals surface area (Å²) in [6.45, 7) is 4.02. The summed E-state index contributed by atoms with van der Waals surface area (Å²) in [6.07, 6.45) is 7.33. The van der Waals surface area contributed by atoms with E-state index in [2.05, 4.69) is 5.73 Å². The second kappa shape index (κ2) is 10.8. The van der Waals surface area contributed by atoms with E-state index in [4.69, 9.17) is 13.7 Å². The van der Waals surface area contributed by atoms with Gasteiger partial charge in [-0.2, -0.15) is 5.73 Å². The van der Waals surface area contributed by atoms with Crippen molar-refractivity contribution in [3.63, 3.8) is 0 Å². The second-order valence-electron chi connectivity index (χ2n) is 9.29. The third-order valence-electron chi connectivity index (χ3n) is 6.62. The lowest BCUT2D eigenvalue weighted by atomic mass is 9.78. The highest BCUT2D eigenvalue weighted by Gasteiger charge is 2.21. The highest BCUT2D eigenvalue weighted by molar-refractivity contribution is 6.19. The molecule has 0 amide bonds. The van der Waals surface area contributed by atoms with E-state index in [0.717, 1.165) is 22.3 Å². The van der Waals surface area contributed by atoms with Crippen LogP contribution in [0.3, 0.4) is 0 Å². The van der Waals surface area contributed by atoms with Gasteiger partial charge in [-0.1, -0.05) is 137 Å². The molecular formula is C39H30. The highest BCUT2D eigenvalue weighted by Crippen LogP contribution is 2.44. The molecule has 0 nitrogen and oxygen atoms in total. The van der Waals surface area contributed by atoms with Crippen LogP contribution in [0.4, 0.5) is 0 Å². The van der Waals surface area contributed by atoms with Crippen LogP contribution in [0.5, 0.6) is 0 Å². The quantitative estimate of drug-likeness (QED) is 0.190. The van der Waals surface area contributed by atoms with Crippen molar-refractivity contribution in [1.29, 1.82) is 0 Å². The van der Waals surface area contributed by atoms with Gasteiger partial charge in [0.2, 0.25) is 0 Å². The molecule has 0 spiro atoms. The molecule has 0 aromatic heterocycles. The molecule has 0 heteroatoms. The summed E-state index contributed by atoms with van der Waals surface area (Å²) in [5, 5.41) is 0. The zero-order chi connectivity index (χ0) is 35.3. The third kappa shape index (κ3) is 5.12. The van der Waals surface area contributed by atoms with E-state index in [-0.39, 0.29) is 22.3 Å². The lowest BCUT2D eigenvalue weighted by molar-refractivity contribution is 1.30. The maximum Gasteiger partial charge on any atom is 0.0647 e. The van der Waals surface area contributed by atoms with Gasteiger partial charge in [0.15, 0.2) is 0 Å². The van der Waals surface area contributed by atoms with Crippen molar-refractivity contribution >= 4 is 22.3 Å². The average Bonchev–Trinajstić information content (AvgIpc) is 3.09. The van der Waals surface area contributed by atoms with Gasteiger partial charge < -0.3 is 0 Å². The minimum atomic E-state index is -0.537. The standard InChI is InChI=1S/C39H30/c1-28-23-30(24-29(2)38(28)34-19-11-5-12-20-34)25-31-26-36(32-15-7-3-8-16-32)39(35-21-13-6-14-22-35)37(27-31)33-17-9-4-10-18-33/h3-24,26-27H,1-2H3/i3D,4D,7D,8D,9D,10D,15D,16D,17D,18D. The van der Waals surface area contributed by atoms with Crippen LogP contribution in [-0.4, -0.2) is 0 Å². The minimum Gasteiger partial charge on any atom is -0.181 e. The van der Waals surface area contributed by atoms with Gasteiger partial charge in [-0.15, -0.1) is 18.1 Å². The summed E-state index contributed by atoms with van der Waals surface area (Å²) in [6, 6.07) is 14.1. The lowest BCUT2D eigenvalue weighted by Gasteiger charge is -2.31. The van der Waals surface area contributed by atoms with Gasteiger partial charge in [0.25, 0.3) is 0 Å². The van der Waals surface area contributed by atoms with Crippen molar-refractivity contribution in [2.75, 3.05) is 0 Å². The number of hydrogen-bond donors (Lipinski definition) is 0. The zero-order valence-corrected chi connectivity index (χ0v) is 21.6. The fourth-order valence-corrected chi connectivity index (χ4v) is 5.06. The van der Waals surface area contributed by atoms with Gasteiger partial charge in [0.1, 0.15) is 0 Å². The van der Waals surface area contributed by atoms with Gasteiger partial charge in [-0.3, -0.25) is 0 Å². The Bertz CT molecular complexity index is 2190. The molecule has 0 N–H and O–H groups in total. The molecule has 2 aliphatic carbocycles. The molecular weight excluding hydrogens is 468 g/mol. The molecule has 0 fully saturated rings. The summed E-state index contributed by atoms with van der Waals surface area (Å²) < 4.78 is 85.7. The monoisotopic (exact) mass is 508 g/mol. The Kier molecular flexibility index (Phi) is 4.31. The van der Waals surface area contributed by atoms with Crippen LogP contribution in [0.1, 0.15) is 49.8 Å². The molecule has 0 saturated heterocycles. The van der Waals surface area contributed by atoms with Crippen molar-refractivity contribution in [2.45, 2.75) is 13.8 Å². The van der Waals surface area contributed by atoms with Gasteiger partial charge >= 0.3 is 0 Å². The molecule has 186 valence electrons. The Morgan fingerprint density at radius 1 is 0.641 bits per heavy atom. The van der Waals surface area contributed by atoms with Crippen LogP contribution in [0.15, 0.2) is 161 Å². The van der Waals surface area contributed by atoms with Crippen LogP contribution in [0, 0.1) is 12.8 Å². The molecule has 0 saturated carbocycles. The molecule has 0 radical (unpaired) electrons. The third-order valence-corrected chi connectivity index (χ3v) is 6.62. The van der Waals surface area contributed by atoms with E-state index < -0.39 is 60.4 Å². The highest BCUT2D eigenvalue weighted by atomic mass is 14.3. The van der Waals surface area contributed by atoms with Crippen LogP contribution < -0.4 is 0 Å². The van der Waals surface area contributed by atoms with E-state index in [0.29, 0.717) is 22.3 Å². The number of allylic oxidation sites excluding steroid dienone is 9. The van der Waals surface area contributed by atoms with Crippen molar-refractivity contribution in [3.8, 4) is 0 Å². The summed E-state index contributed by atoms with van der Waals surface area (Å²) in [5.41, 5.74) is 9.98. The molecule has 0 atom stereocenters. The molecule has 39 heavy (non-hydrogen) atoms. The van der Waals surface area contributed by atoms with Crippen molar-refractivity contribution in [2.24, 2.45) is 0 Å². The summed E-state index contributed by atoms with van der Waals surface area (Å²) in [7, 11) is 0. The van der Waals surface area contributed by atoms with E-state index in [9.17, 15) is 0 Å². The molecule has 2 aliphatic rings. The molecule has 0 bridgehead atoms.